The fraction of sp³-hybridized carbons (Fsp3) is 0.536. The van der Waals surface area contributed by atoms with Crippen LogP contribution in [-0.2, 0) is 7.05 Å². The number of anilines is 1. The molecule has 1 aromatic heterocycles. The number of aryl methyl sites for hydroxylation is 1. The second-order valence-corrected chi connectivity index (χ2v) is 9.97. The molecule has 0 saturated heterocycles. The van der Waals surface area contributed by atoms with Crippen LogP contribution in [0.25, 0.3) is 11.3 Å². The molecule has 1 aliphatic heterocycles. The maximum atomic E-state index is 2.63. The number of hydrogen-bond donors (Lipinski definition) is 0. The first kappa shape index (κ1) is 20.6. The Hall–Kier alpha value is -2.29. The Balaban J connectivity index is 1.55. The van der Waals surface area contributed by atoms with Gasteiger partial charge < -0.3 is 9.80 Å². The molecular formula is C28H38N3+. The Labute approximate surface area is 188 Å². The van der Waals surface area contributed by atoms with Gasteiger partial charge in [-0.3, -0.25) is 0 Å². The highest BCUT2D eigenvalue weighted by Crippen LogP contribution is 2.41. The molecule has 0 bridgehead atoms. The minimum atomic E-state index is 0.387. The van der Waals surface area contributed by atoms with Crippen LogP contribution in [0, 0.1) is 6.92 Å². The van der Waals surface area contributed by atoms with Crippen LogP contribution in [-0.4, -0.2) is 17.1 Å². The Kier molecular flexibility index (Phi) is 5.77. The minimum Gasteiger partial charge on any atom is -0.353 e. The molecule has 2 fully saturated rings. The molecule has 1 aromatic carbocycles. The zero-order valence-corrected chi connectivity index (χ0v) is 19.6. The third kappa shape index (κ3) is 3.88. The molecule has 2 aromatic rings. The third-order valence-electron chi connectivity index (χ3n) is 8.07. The average Bonchev–Trinajstić information content (AvgIpc) is 3.46. The lowest BCUT2D eigenvalue weighted by molar-refractivity contribution is -0.660. The lowest BCUT2D eigenvalue weighted by Gasteiger charge is -2.38. The standard InChI is InChI=1S/C28H38N3/c1-21-26(27-15-9-10-16-29(27)3)19-24(23-11-7-8-12-23)20-28(21)31-18-17-30(22(31)2)25-13-5-4-6-14-25/h9-10,15-20,22-23,25H,4-8,11-14H2,1-3H3/q+1/t22-/m1/s1. The van der Waals surface area contributed by atoms with Crippen molar-refractivity contribution in [3.05, 3.63) is 60.1 Å². The second-order valence-electron chi connectivity index (χ2n) is 9.97. The molecule has 3 aliphatic rings. The van der Waals surface area contributed by atoms with Crippen molar-refractivity contribution >= 4 is 5.69 Å². The van der Waals surface area contributed by atoms with Crippen LogP contribution in [0.2, 0.25) is 0 Å². The van der Waals surface area contributed by atoms with E-state index in [0.29, 0.717) is 18.1 Å². The van der Waals surface area contributed by atoms with E-state index in [4.69, 9.17) is 0 Å². The highest BCUT2D eigenvalue weighted by molar-refractivity contribution is 5.73. The van der Waals surface area contributed by atoms with E-state index < -0.39 is 0 Å². The van der Waals surface area contributed by atoms with E-state index in [1.165, 1.54) is 85.9 Å². The Morgan fingerprint density at radius 3 is 2.39 bits per heavy atom. The number of nitrogens with zero attached hydrogens (tertiary/aromatic N) is 3. The van der Waals surface area contributed by atoms with Crippen LogP contribution >= 0.6 is 0 Å². The summed E-state index contributed by atoms with van der Waals surface area (Å²) in [6.07, 6.45) is 19.5. The van der Waals surface area contributed by atoms with Gasteiger partial charge in [-0.1, -0.05) is 32.1 Å². The summed E-state index contributed by atoms with van der Waals surface area (Å²) < 4.78 is 2.27. The molecule has 0 unspecified atom stereocenters. The van der Waals surface area contributed by atoms with E-state index in [1.807, 2.05) is 0 Å². The maximum Gasteiger partial charge on any atom is 0.212 e. The van der Waals surface area contributed by atoms with Crippen LogP contribution in [0.1, 0.15) is 81.8 Å². The van der Waals surface area contributed by atoms with Crippen molar-refractivity contribution in [3.63, 3.8) is 0 Å². The van der Waals surface area contributed by atoms with Gasteiger partial charge >= 0.3 is 0 Å². The second kappa shape index (κ2) is 8.68. The van der Waals surface area contributed by atoms with Crippen molar-refractivity contribution < 1.29 is 4.57 Å². The van der Waals surface area contributed by atoms with Crippen LogP contribution in [0.5, 0.6) is 0 Å². The molecule has 3 nitrogen and oxygen atoms in total. The topological polar surface area (TPSA) is 10.4 Å². The summed E-state index contributed by atoms with van der Waals surface area (Å²) in [6.45, 7) is 4.71. The monoisotopic (exact) mass is 416 g/mol. The summed E-state index contributed by atoms with van der Waals surface area (Å²) in [5, 5.41) is 0. The van der Waals surface area contributed by atoms with Gasteiger partial charge in [-0.05, 0) is 74.8 Å². The number of aromatic nitrogens is 1. The maximum absolute atomic E-state index is 2.63. The summed E-state index contributed by atoms with van der Waals surface area (Å²) in [5.74, 6) is 0.712. The number of pyridine rings is 1. The van der Waals surface area contributed by atoms with Crippen molar-refractivity contribution in [1.82, 2.24) is 4.90 Å². The smallest absolute Gasteiger partial charge is 0.212 e. The zero-order chi connectivity index (χ0) is 21.4. The summed E-state index contributed by atoms with van der Waals surface area (Å²) >= 11 is 0. The van der Waals surface area contributed by atoms with E-state index in [1.54, 1.807) is 0 Å². The molecule has 2 saturated carbocycles. The lowest BCUT2D eigenvalue weighted by Crippen LogP contribution is -2.43. The van der Waals surface area contributed by atoms with E-state index in [0.717, 1.165) is 0 Å². The molecule has 0 spiro atoms. The Morgan fingerprint density at radius 1 is 0.903 bits per heavy atom. The molecule has 5 rings (SSSR count). The molecule has 0 amide bonds. The van der Waals surface area contributed by atoms with Crippen LogP contribution in [0.15, 0.2) is 48.9 Å². The Bertz CT molecular complexity index is 951. The van der Waals surface area contributed by atoms with E-state index in [9.17, 15) is 0 Å². The summed E-state index contributed by atoms with van der Waals surface area (Å²) in [6, 6.07) is 12.3. The molecule has 0 radical (unpaired) electrons. The average molecular weight is 417 g/mol. The van der Waals surface area contributed by atoms with Gasteiger partial charge in [0.05, 0.1) is 5.56 Å². The Morgan fingerprint density at radius 2 is 1.65 bits per heavy atom. The summed E-state index contributed by atoms with van der Waals surface area (Å²) in [7, 11) is 2.17. The van der Waals surface area contributed by atoms with Crippen molar-refractivity contribution in [2.75, 3.05) is 4.90 Å². The highest BCUT2D eigenvalue weighted by Gasteiger charge is 2.32. The molecule has 3 heteroatoms. The fourth-order valence-corrected chi connectivity index (χ4v) is 6.18. The molecular weight excluding hydrogens is 378 g/mol. The first-order chi connectivity index (χ1) is 15.1. The zero-order valence-electron chi connectivity index (χ0n) is 19.6. The highest BCUT2D eigenvalue weighted by atomic mass is 15.4. The predicted molar refractivity (Wildman–Crippen MR) is 129 cm³/mol. The van der Waals surface area contributed by atoms with Gasteiger partial charge in [0.2, 0.25) is 5.69 Å². The molecule has 164 valence electrons. The number of hydrogen-bond acceptors (Lipinski definition) is 2. The van der Waals surface area contributed by atoms with Crippen molar-refractivity contribution in [3.8, 4) is 11.3 Å². The first-order valence-corrected chi connectivity index (χ1v) is 12.5. The SMILES string of the molecule is Cc1c(-c2cccc[n+]2C)cc(C2CCCC2)cc1N1C=CN(C2CCCCC2)[C@H]1C. The quantitative estimate of drug-likeness (QED) is 0.533. The third-order valence-corrected chi connectivity index (χ3v) is 8.07. The largest absolute Gasteiger partial charge is 0.353 e. The van der Waals surface area contributed by atoms with Crippen LogP contribution in [0.4, 0.5) is 5.69 Å². The van der Waals surface area contributed by atoms with E-state index in [2.05, 4.69) is 84.2 Å². The van der Waals surface area contributed by atoms with Gasteiger partial charge in [0.1, 0.15) is 13.2 Å². The number of benzene rings is 1. The normalized spacial score (nSPS) is 22.6. The van der Waals surface area contributed by atoms with Gasteiger partial charge in [0, 0.05) is 36.3 Å². The minimum absolute atomic E-state index is 0.387. The first-order valence-electron chi connectivity index (χ1n) is 12.5. The van der Waals surface area contributed by atoms with Gasteiger partial charge in [-0.25, -0.2) is 4.57 Å². The van der Waals surface area contributed by atoms with Gasteiger partial charge in [0.15, 0.2) is 6.20 Å². The molecule has 0 N–H and O–H groups in total. The lowest BCUT2D eigenvalue weighted by atomic mass is 9.91. The molecule has 1 atom stereocenters. The van der Waals surface area contributed by atoms with E-state index in [-0.39, 0.29) is 0 Å². The van der Waals surface area contributed by atoms with Gasteiger partial charge in [0.25, 0.3) is 0 Å². The van der Waals surface area contributed by atoms with Crippen LogP contribution < -0.4 is 9.47 Å². The van der Waals surface area contributed by atoms with Crippen molar-refractivity contribution in [2.24, 2.45) is 7.05 Å². The van der Waals surface area contributed by atoms with E-state index >= 15 is 0 Å². The van der Waals surface area contributed by atoms with Gasteiger partial charge in [-0.15, -0.1) is 0 Å². The summed E-state index contributed by atoms with van der Waals surface area (Å²) in [4.78, 5) is 5.16. The molecule has 31 heavy (non-hydrogen) atoms. The van der Waals surface area contributed by atoms with Crippen LogP contribution in [0.3, 0.4) is 0 Å². The molecule has 2 heterocycles. The number of rotatable bonds is 4. The van der Waals surface area contributed by atoms with Gasteiger partial charge in [-0.2, -0.15) is 0 Å². The fourth-order valence-electron chi connectivity index (χ4n) is 6.18. The predicted octanol–water partition coefficient (Wildman–Crippen LogP) is 6.42. The van der Waals surface area contributed by atoms with Crippen molar-refractivity contribution in [1.29, 1.82) is 0 Å². The van der Waals surface area contributed by atoms with Crippen molar-refractivity contribution in [2.45, 2.75) is 89.8 Å². The summed E-state index contributed by atoms with van der Waals surface area (Å²) in [5.41, 5.74) is 7.02. The molecule has 2 aliphatic carbocycles.